The Morgan fingerprint density at radius 1 is 1.28 bits per heavy atom. The topological polar surface area (TPSA) is 77.7 Å². The number of nitrogens with one attached hydrogen (secondary N) is 1. The number of nitrogens with zero attached hydrogens (tertiary/aromatic N) is 3. The highest BCUT2D eigenvalue weighted by atomic mass is 35.5. The summed E-state index contributed by atoms with van der Waals surface area (Å²) in [6, 6.07) is 12.9. The third-order valence-corrected chi connectivity index (χ3v) is 4.65. The van der Waals surface area contributed by atoms with Crippen molar-refractivity contribution in [2.75, 3.05) is 6.61 Å². The Labute approximate surface area is 170 Å². The van der Waals surface area contributed by atoms with Gasteiger partial charge >= 0.3 is 0 Å². The summed E-state index contributed by atoms with van der Waals surface area (Å²) in [5.41, 5.74) is 4.16. The number of rotatable bonds is 4. The largest absolute Gasteiger partial charge is 0.485 e. The van der Waals surface area contributed by atoms with E-state index in [4.69, 9.17) is 21.1 Å². The molecule has 0 aliphatic carbocycles. The number of hydrogen-bond acceptors (Lipinski definition) is 5. The Kier molecular flexibility index (Phi) is 5.18. The van der Waals surface area contributed by atoms with E-state index in [1.54, 1.807) is 37.3 Å². The number of halogens is 2. The zero-order valence-electron chi connectivity index (χ0n) is 15.3. The third kappa shape index (κ3) is 3.93. The lowest BCUT2D eigenvalue weighted by atomic mass is 10.2. The van der Waals surface area contributed by atoms with Crippen molar-refractivity contribution in [2.24, 2.45) is 5.10 Å². The maximum atomic E-state index is 13.1. The summed E-state index contributed by atoms with van der Waals surface area (Å²) in [5, 5.41) is 8.58. The summed E-state index contributed by atoms with van der Waals surface area (Å²) >= 11 is 6.38. The first-order valence-electron chi connectivity index (χ1n) is 8.75. The van der Waals surface area contributed by atoms with Gasteiger partial charge in [-0.25, -0.2) is 14.5 Å². The molecule has 0 fully saturated rings. The highest BCUT2D eigenvalue weighted by Crippen LogP contribution is 2.30. The Morgan fingerprint density at radius 3 is 2.76 bits per heavy atom. The van der Waals surface area contributed by atoms with E-state index in [9.17, 15) is 9.18 Å². The Balaban J connectivity index is 1.45. The zero-order chi connectivity index (χ0) is 20.4. The smallest absolute Gasteiger partial charge is 0.284 e. The van der Waals surface area contributed by atoms with Crippen LogP contribution in [0.1, 0.15) is 11.3 Å². The van der Waals surface area contributed by atoms with E-state index < -0.39 is 12.0 Å². The maximum absolute atomic E-state index is 13.1. The van der Waals surface area contributed by atoms with Gasteiger partial charge in [0.2, 0.25) is 6.10 Å². The number of amides is 1. The first-order chi connectivity index (χ1) is 14.0. The molecular weight excluding hydrogens is 399 g/mol. The predicted molar refractivity (Wildman–Crippen MR) is 105 cm³/mol. The van der Waals surface area contributed by atoms with Crippen molar-refractivity contribution in [3.63, 3.8) is 0 Å². The minimum Gasteiger partial charge on any atom is -0.485 e. The number of para-hydroxylation sites is 2. The van der Waals surface area contributed by atoms with Crippen LogP contribution in [0, 0.1) is 12.7 Å². The van der Waals surface area contributed by atoms with Crippen LogP contribution in [-0.2, 0) is 4.79 Å². The average Bonchev–Trinajstić information content (AvgIpc) is 3.02. The summed E-state index contributed by atoms with van der Waals surface area (Å²) in [7, 11) is 0. The first-order valence-corrected chi connectivity index (χ1v) is 9.13. The number of hydrogen-bond donors (Lipinski definition) is 1. The van der Waals surface area contributed by atoms with Gasteiger partial charge in [0.25, 0.3) is 5.91 Å². The number of carbonyl (C=O) groups is 1. The molecule has 1 N–H and O–H groups in total. The van der Waals surface area contributed by atoms with Gasteiger partial charge in [0.15, 0.2) is 11.5 Å². The number of benzene rings is 2. The number of fused-ring (bicyclic) bond motifs is 1. The molecule has 7 nitrogen and oxygen atoms in total. The highest BCUT2D eigenvalue weighted by molar-refractivity contribution is 6.32. The van der Waals surface area contributed by atoms with E-state index >= 15 is 0 Å². The van der Waals surface area contributed by atoms with Crippen LogP contribution in [0.15, 0.2) is 53.6 Å². The second-order valence-electron chi connectivity index (χ2n) is 6.28. The summed E-state index contributed by atoms with van der Waals surface area (Å²) in [6.45, 7) is 1.84. The fourth-order valence-corrected chi connectivity index (χ4v) is 3.11. The van der Waals surface area contributed by atoms with E-state index in [0.717, 1.165) is 0 Å². The van der Waals surface area contributed by atoms with Crippen molar-refractivity contribution in [1.29, 1.82) is 0 Å². The fourth-order valence-electron chi connectivity index (χ4n) is 2.79. The van der Waals surface area contributed by atoms with Crippen LogP contribution >= 0.6 is 11.6 Å². The van der Waals surface area contributed by atoms with Gasteiger partial charge < -0.3 is 9.47 Å². The van der Waals surface area contributed by atoms with E-state index in [1.165, 1.54) is 23.0 Å². The van der Waals surface area contributed by atoms with Crippen LogP contribution < -0.4 is 14.9 Å². The molecule has 148 valence electrons. The quantitative estimate of drug-likeness (QED) is 0.525. The molecule has 4 rings (SSSR count). The average molecular weight is 415 g/mol. The van der Waals surface area contributed by atoms with Crippen LogP contribution in [0.4, 0.5) is 4.39 Å². The van der Waals surface area contributed by atoms with Gasteiger partial charge in [0, 0.05) is 0 Å². The zero-order valence-corrected chi connectivity index (χ0v) is 16.1. The van der Waals surface area contributed by atoms with Crippen molar-refractivity contribution < 1.29 is 18.7 Å². The van der Waals surface area contributed by atoms with Gasteiger partial charge in [-0.2, -0.15) is 10.2 Å². The van der Waals surface area contributed by atoms with Crippen molar-refractivity contribution in [3.05, 3.63) is 70.8 Å². The molecule has 1 aliphatic rings. The van der Waals surface area contributed by atoms with Crippen LogP contribution in [0.25, 0.3) is 5.69 Å². The second kappa shape index (κ2) is 7.92. The van der Waals surface area contributed by atoms with Gasteiger partial charge in [-0.05, 0) is 43.3 Å². The number of hydrazone groups is 1. The predicted octanol–water partition coefficient (Wildman–Crippen LogP) is 3.26. The molecule has 1 aliphatic heterocycles. The van der Waals surface area contributed by atoms with E-state index in [-0.39, 0.29) is 12.4 Å². The van der Waals surface area contributed by atoms with Crippen LogP contribution in [0.5, 0.6) is 11.5 Å². The second-order valence-corrected chi connectivity index (χ2v) is 6.63. The molecule has 9 heteroatoms. The molecular formula is C20H16ClFN4O3. The molecule has 2 aromatic carbocycles. The molecule has 1 amide bonds. The molecule has 0 unspecified atom stereocenters. The lowest BCUT2D eigenvalue weighted by Crippen LogP contribution is -2.42. The number of ether oxygens (including phenoxy) is 2. The summed E-state index contributed by atoms with van der Waals surface area (Å²) in [4.78, 5) is 12.3. The van der Waals surface area contributed by atoms with Crippen molar-refractivity contribution in [2.45, 2.75) is 13.0 Å². The lowest BCUT2D eigenvalue weighted by molar-refractivity contribution is -0.130. The van der Waals surface area contributed by atoms with E-state index in [0.29, 0.717) is 33.6 Å². The number of aromatic nitrogens is 2. The van der Waals surface area contributed by atoms with Crippen molar-refractivity contribution in [3.8, 4) is 17.2 Å². The molecule has 2 heterocycles. The Morgan fingerprint density at radius 2 is 2.00 bits per heavy atom. The normalized spacial score (nSPS) is 15.5. The summed E-state index contributed by atoms with van der Waals surface area (Å²) in [5.74, 6) is 0.295. The SMILES string of the molecule is Cc1nn(-c2ccc(F)cc2)c(Cl)c1/C=N\NC(=O)[C@H]1COc2ccccc2O1. The van der Waals surface area contributed by atoms with Gasteiger partial charge in [-0.15, -0.1) is 0 Å². The molecule has 0 radical (unpaired) electrons. The van der Waals surface area contributed by atoms with Gasteiger partial charge in [0.1, 0.15) is 17.6 Å². The fraction of sp³-hybridized carbons (Fsp3) is 0.150. The minimum absolute atomic E-state index is 0.0840. The van der Waals surface area contributed by atoms with Crippen LogP contribution in [0.3, 0.4) is 0 Å². The third-order valence-electron chi connectivity index (χ3n) is 4.29. The Hall–Kier alpha value is -3.39. The lowest BCUT2D eigenvalue weighted by Gasteiger charge is -2.24. The summed E-state index contributed by atoms with van der Waals surface area (Å²) < 4.78 is 25.7. The molecule has 0 saturated carbocycles. The highest BCUT2D eigenvalue weighted by Gasteiger charge is 2.27. The molecule has 0 bridgehead atoms. The van der Waals surface area contributed by atoms with Gasteiger partial charge in [-0.1, -0.05) is 23.7 Å². The monoisotopic (exact) mass is 414 g/mol. The standard InChI is InChI=1S/C20H16ClFN4O3/c1-12-15(19(21)26(25-12)14-8-6-13(22)7-9-14)10-23-24-20(27)18-11-28-16-4-2-3-5-17(16)29-18/h2-10,18H,11H2,1H3,(H,24,27)/b23-10-/t18-/m1/s1. The molecule has 1 atom stereocenters. The van der Waals surface area contributed by atoms with E-state index in [2.05, 4.69) is 15.6 Å². The molecule has 3 aromatic rings. The minimum atomic E-state index is -0.819. The number of aryl methyl sites for hydroxylation is 1. The molecule has 1 aromatic heterocycles. The molecule has 0 spiro atoms. The van der Waals surface area contributed by atoms with Crippen molar-refractivity contribution >= 4 is 23.7 Å². The van der Waals surface area contributed by atoms with Crippen LogP contribution in [0.2, 0.25) is 5.15 Å². The van der Waals surface area contributed by atoms with E-state index in [1.807, 2.05) is 6.07 Å². The Bertz CT molecular complexity index is 1080. The van der Waals surface area contributed by atoms with Crippen molar-refractivity contribution in [1.82, 2.24) is 15.2 Å². The molecule has 0 saturated heterocycles. The first kappa shape index (κ1) is 18.9. The summed E-state index contributed by atoms with van der Waals surface area (Å²) in [6.07, 6.45) is 0.584. The van der Waals surface area contributed by atoms with Crippen LogP contribution in [-0.4, -0.2) is 34.6 Å². The number of carbonyl (C=O) groups excluding carboxylic acids is 1. The van der Waals surface area contributed by atoms with Gasteiger partial charge in [-0.3, -0.25) is 4.79 Å². The maximum Gasteiger partial charge on any atom is 0.284 e. The van der Waals surface area contributed by atoms with Gasteiger partial charge in [0.05, 0.1) is 23.2 Å². The molecule has 29 heavy (non-hydrogen) atoms.